The number of hydrogen-bond donors (Lipinski definition) is 6. The maximum atomic E-state index is 12.4. The monoisotopic (exact) mass is 410 g/mol. The minimum atomic E-state index is -1.15. The van der Waals surface area contributed by atoms with Crippen LogP contribution in [0.3, 0.4) is 0 Å². The number of H-pyrrole nitrogens is 2. The number of nitrogens with one attached hydrogen (secondary N) is 3. The Kier molecular flexibility index (Phi) is 4.55. The first-order valence-corrected chi connectivity index (χ1v) is 9.98. The van der Waals surface area contributed by atoms with Crippen LogP contribution in [0.4, 0.5) is 0 Å². The van der Waals surface area contributed by atoms with E-state index in [1.807, 2.05) is 6.92 Å². The molecule has 0 aliphatic carbocycles. The summed E-state index contributed by atoms with van der Waals surface area (Å²) in [6, 6.07) is -0.595. The smallest absolute Gasteiger partial charge is 0.353 e. The number of rotatable bonds is 5. The highest BCUT2D eigenvalue weighted by Crippen LogP contribution is 2.52. The molecule has 1 aromatic rings. The number of imidazole rings is 1. The number of amides is 1. The SMILES string of the molecule is C[C@@H](O)[C@H]1C(=O)N2C(C(=O)O)=C(S[C@@H]3CN[C@H](c4[nH]c(=O)[nH]c4O)C3)[C@H](C)[C@H]12. The molecule has 28 heavy (non-hydrogen) atoms. The van der Waals surface area contributed by atoms with Gasteiger partial charge in [0, 0.05) is 22.6 Å². The summed E-state index contributed by atoms with van der Waals surface area (Å²) < 4.78 is 0. The van der Waals surface area contributed by atoms with Gasteiger partial charge in [0.25, 0.3) is 0 Å². The molecule has 6 atom stereocenters. The Morgan fingerprint density at radius 3 is 2.61 bits per heavy atom. The fourth-order valence-corrected chi connectivity index (χ4v) is 5.99. The van der Waals surface area contributed by atoms with Gasteiger partial charge in [-0.2, -0.15) is 0 Å². The molecule has 3 aliphatic heterocycles. The van der Waals surface area contributed by atoms with Gasteiger partial charge in [0.15, 0.2) is 0 Å². The van der Waals surface area contributed by atoms with Crippen LogP contribution in [0.25, 0.3) is 0 Å². The number of carbonyl (C=O) groups is 2. The van der Waals surface area contributed by atoms with Crippen LogP contribution < -0.4 is 11.0 Å². The van der Waals surface area contributed by atoms with Crippen molar-refractivity contribution >= 4 is 23.6 Å². The van der Waals surface area contributed by atoms with Crippen molar-refractivity contribution in [3.05, 3.63) is 26.8 Å². The first kappa shape index (κ1) is 19.1. The summed E-state index contributed by atoms with van der Waals surface area (Å²) in [5.74, 6) is -2.48. The van der Waals surface area contributed by atoms with Crippen LogP contribution in [-0.2, 0) is 9.59 Å². The van der Waals surface area contributed by atoms with Crippen molar-refractivity contribution in [2.45, 2.75) is 43.7 Å². The van der Waals surface area contributed by atoms with Gasteiger partial charge >= 0.3 is 11.7 Å². The fraction of sp³-hybridized carbons (Fsp3) is 0.588. The van der Waals surface area contributed by atoms with Crippen LogP contribution in [0.5, 0.6) is 5.88 Å². The minimum absolute atomic E-state index is 0.00532. The zero-order chi connectivity index (χ0) is 20.3. The van der Waals surface area contributed by atoms with Crippen molar-refractivity contribution in [3.8, 4) is 5.88 Å². The van der Waals surface area contributed by atoms with Crippen LogP contribution in [0, 0.1) is 11.8 Å². The predicted molar refractivity (Wildman–Crippen MR) is 99.4 cm³/mol. The maximum absolute atomic E-state index is 12.4. The van der Waals surface area contributed by atoms with E-state index < -0.39 is 23.7 Å². The molecule has 2 saturated heterocycles. The number of aromatic nitrogens is 2. The fourth-order valence-electron chi connectivity index (χ4n) is 4.51. The number of carboxylic acids is 1. The first-order valence-electron chi connectivity index (χ1n) is 9.10. The molecule has 2 fully saturated rings. The zero-order valence-electron chi connectivity index (χ0n) is 15.3. The van der Waals surface area contributed by atoms with E-state index in [-0.39, 0.29) is 40.7 Å². The van der Waals surface area contributed by atoms with Gasteiger partial charge in [0.2, 0.25) is 11.8 Å². The van der Waals surface area contributed by atoms with Gasteiger partial charge in [0.1, 0.15) is 5.70 Å². The lowest BCUT2D eigenvalue weighted by molar-refractivity contribution is -0.163. The normalized spacial score (nSPS) is 33.2. The Morgan fingerprint density at radius 2 is 2.04 bits per heavy atom. The second-order valence-electron chi connectivity index (χ2n) is 7.55. The zero-order valence-corrected chi connectivity index (χ0v) is 16.1. The van der Waals surface area contributed by atoms with E-state index >= 15 is 0 Å². The summed E-state index contributed by atoms with van der Waals surface area (Å²) >= 11 is 1.41. The van der Waals surface area contributed by atoms with E-state index in [1.165, 1.54) is 16.7 Å². The summed E-state index contributed by atoms with van der Waals surface area (Å²) in [7, 11) is 0. The molecular weight excluding hydrogens is 388 g/mol. The van der Waals surface area contributed by atoms with Gasteiger partial charge in [0.05, 0.1) is 29.8 Å². The molecule has 152 valence electrons. The molecule has 0 radical (unpaired) electrons. The summed E-state index contributed by atoms with van der Waals surface area (Å²) in [6.07, 6.45) is -0.255. The third-order valence-electron chi connectivity index (χ3n) is 5.78. The van der Waals surface area contributed by atoms with E-state index in [0.717, 1.165) is 0 Å². The largest absolute Gasteiger partial charge is 0.493 e. The molecule has 11 heteroatoms. The molecule has 0 saturated carbocycles. The lowest BCUT2D eigenvalue weighted by Crippen LogP contribution is -2.63. The van der Waals surface area contributed by atoms with Crippen LogP contribution in [0.15, 0.2) is 15.4 Å². The van der Waals surface area contributed by atoms with Gasteiger partial charge in [-0.25, -0.2) is 9.59 Å². The second kappa shape index (κ2) is 6.68. The molecule has 4 heterocycles. The maximum Gasteiger partial charge on any atom is 0.353 e. The van der Waals surface area contributed by atoms with Gasteiger partial charge in [-0.1, -0.05) is 6.92 Å². The van der Waals surface area contributed by atoms with Crippen LogP contribution in [0.2, 0.25) is 0 Å². The number of hydrogen-bond acceptors (Lipinski definition) is 7. The lowest BCUT2D eigenvalue weighted by atomic mass is 9.79. The third-order valence-corrected chi connectivity index (χ3v) is 7.29. The lowest BCUT2D eigenvalue weighted by Gasteiger charge is -2.46. The molecule has 0 bridgehead atoms. The number of aliphatic hydroxyl groups excluding tert-OH is 1. The Balaban J connectivity index is 1.54. The summed E-state index contributed by atoms with van der Waals surface area (Å²) in [5.41, 5.74) is -0.100. The van der Waals surface area contributed by atoms with Crippen molar-refractivity contribution in [2.24, 2.45) is 11.8 Å². The van der Waals surface area contributed by atoms with Crippen LogP contribution >= 0.6 is 11.8 Å². The van der Waals surface area contributed by atoms with Crippen molar-refractivity contribution in [1.29, 1.82) is 0 Å². The number of carbonyl (C=O) groups excluding carboxylic acids is 1. The van der Waals surface area contributed by atoms with Gasteiger partial charge < -0.3 is 30.5 Å². The Bertz CT molecular complexity index is 921. The summed E-state index contributed by atoms with van der Waals surface area (Å²) in [5, 5.41) is 32.6. The standard InChI is InChI=1S/C17H22N4O6S/c1-5-11-9(6(2)22)15(24)21(11)12(16(25)26)13(5)28-7-3-8(18-4-7)10-14(23)20-17(27)19-10/h5-9,11,18,22-23H,3-4H2,1-2H3,(H,25,26)(H2,19,20,27)/t5-,6-,7+,8+,9-,11-/m1/s1. The van der Waals surface area contributed by atoms with Crippen LogP contribution in [0.1, 0.15) is 32.0 Å². The van der Waals surface area contributed by atoms with Gasteiger partial charge in [-0.3, -0.25) is 9.78 Å². The van der Waals surface area contributed by atoms with E-state index in [4.69, 9.17) is 0 Å². The Morgan fingerprint density at radius 1 is 1.32 bits per heavy atom. The summed E-state index contributed by atoms with van der Waals surface area (Å²) in [6.45, 7) is 3.99. The average Bonchev–Trinajstić information content (AvgIpc) is 3.25. The topological polar surface area (TPSA) is 159 Å². The number of nitrogens with zero attached hydrogens (tertiary/aromatic N) is 1. The quantitative estimate of drug-likeness (QED) is 0.361. The number of thioether (sulfide) groups is 1. The number of aromatic hydroxyl groups is 1. The van der Waals surface area contributed by atoms with E-state index in [0.29, 0.717) is 23.6 Å². The predicted octanol–water partition coefficient (Wildman–Crippen LogP) is -0.302. The number of aliphatic carboxylic acids is 1. The first-order chi connectivity index (χ1) is 13.2. The number of β-lactam (4-membered cyclic amide) rings is 1. The highest BCUT2D eigenvalue weighted by atomic mass is 32.2. The number of aliphatic hydroxyl groups is 1. The Hall–Kier alpha value is -2.24. The van der Waals surface area contributed by atoms with Gasteiger partial charge in [-0.05, 0) is 13.3 Å². The van der Waals surface area contributed by atoms with Crippen molar-refractivity contribution in [1.82, 2.24) is 20.2 Å². The highest BCUT2D eigenvalue weighted by Gasteiger charge is 2.60. The molecule has 1 aromatic heterocycles. The molecule has 4 rings (SSSR count). The number of fused-ring (bicyclic) bond motifs is 1. The van der Waals surface area contributed by atoms with Crippen LogP contribution in [-0.4, -0.2) is 66.0 Å². The summed E-state index contributed by atoms with van der Waals surface area (Å²) in [4.78, 5) is 42.4. The molecule has 0 aromatic carbocycles. The molecular formula is C17H22N4O6S. The molecule has 10 nitrogen and oxygen atoms in total. The molecule has 0 unspecified atom stereocenters. The van der Waals surface area contributed by atoms with E-state index in [2.05, 4.69) is 15.3 Å². The Labute approximate surface area is 164 Å². The van der Waals surface area contributed by atoms with Crippen molar-refractivity contribution in [2.75, 3.05) is 6.54 Å². The molecule has 3 aliphatic rings. The van der Waals surface area contributed by atoms with E-state index in [9.17, 15) is 29.7 Å². The second-order valence-corrected chi connectivity index (χ2v) is 8.89. The minimum Gasteiger partial charge on any atom is -0.493 e. The third kappa shape index (κ3) is 2.76. The number of carboxylic acid groups (broad SMARTS) is 1. The van der Waals surface area contributed by atoms with E-state index in [1.54, 1.807) is 6.92 Å². The van der Waals surface area contributed by atoms with Gasteiger partial charge in [-0.15, -0.1) is 11.8 Å². The molecule has 0 spiro atoms. The van der Waals surface area contributed by atoms with Crippen molar-refractivity contribution < 1.29 is 24.9 Å². The van der Waals surface area contributed by atoms with Crippen molar-refractivity contribution in [3.63, 3.8) is 0 Å². The molecule has 6 N–H and O–H groups in total. The highest BCUT2D eigenvalue weighted by molar-refractivity contribution is 8.03. The average molecular weight is 410 g/mol. The number of aromatic amines is 2. The molecule has 1 amide bonds.